The van der Waals surface area contributed by atoms with Gasteiger partial charge in [-0.05, 0) is 0 Å². The molecule has 1 heterocycles. The summed E-state index contributed by atoms with van der Waals surface area (Å²) in [5.74, 6) is -0.209. The Labute approximate surface area is 83.2 Å². The Morgan fingerprint density at radius 2 is 2.07 bits per heavy atom. The van der Waals surface area contributed by atoms with E-state index in [1.807, 2.05) is 4.98 Å². The molecule has 0 aliphatic carbocycles. The summed E-state index contributed by atoms with van der Waals surface area (Å²) in [6, 6.07) is 0. The van der Waals surface area contributed by atoms with Crippen molar-refractivity contribution in [2.24, 2.45) is 0 Å². The number of aromatic nitrogens is 2. The second-order valence-corrected chi connectivity index (χ2v) is 3.00. The van der Waals surface area contributed by atoms with Crippen LogP contribution in [0.25, 0.3) is 0 Å². The Balaban J connectivity index is 3.08. The van der Waals surface area contributed by atoms with Gasteiger partial charge in [0.25, 0.3) is 5.56 Å². The first kappa shape index (κ1) is 11.0. The van der Waals surface area contributed by atoms with Gasteiger partial charge in [0.2, 0.25) is 0 Å². The summed E-state index contributed by atoms with van der Waals surface area (Å²) in [5, 5.41) is 18.5. The van der Waals surface area contributed by atoms with Crippen LogP contribution in [0.4, 0.5) is 0 Å². The molecule has 1 aromatic rings. The second-order valence-electron chi connectivity index (χ2n) is 2.69. The van der Waals surface area contributed by atoms with Crippen LogP contribution in [0.2, 0.25) is 0 Å². The van der Waals surface area contributed by atoms with Crippen molar-refractivity contribution in [3.05, 3.63) is 32.6 Å². The summed E-state index contributed by atoms with van der Waals surface area (Å²) in [6.07, 6.45) is -1.61. The van der Waals surface area contributed by atoms with Crippen LogP contribution in [-0.4, -0.2) is 32.2 Å². The zero-order valence-electron chi connectivity index (χ0n) is 7.03. The smallest absolute Gasteiger partial charge is 0.325 e. The van der Waals surface area contributed by atoms with Crippen LogP contribution >= 0.6 is 11.6 Å². The van der Waals surface area contributed by atoms with Crippen molar-refractivity contribution in [1.29, 1.82) is 0 Å². The summed E-state index contributed by atoms with van der Waals surface area (Å²) in [5.41, 5.74) is -1.55. The molecule has 7 heteroatoms. The lowest BCUT2D eigenvalue weighted by molar-refractivity contribution is 0.0315. The Hall–Kier alpha value is -1.11. The molecule has 0 bridgehead atoms. The van der Waals surface area contributed by atoms with E-state index < -0.39 is 23.5 Å². The number of halogens is 1. The van der Waals surface area contributed by atoms with Crippen LogP contribution in [0.5, 0.6) is 0 Å². The molecule has 0 aliphatic heterocycles. The first-order valence-electron chi connectivity index (χ1n) is 3.80. The van der Waals surface area contributed by atoms with E-state index in [1.165, 1.54) is 0 Å². The highest BCUT2D eigenvalue weighted by molar-refractivity contribution is 6.18. The molecule has 1 aromatic heterocycles. The fourth-order valence-corrected chi connectivity index (χ4v) is 1.10. The van der Waals surface area contributed by atoms with E-state index in [4.69, 9.17) is 16.7 Å². The maximum absolute atomic E-state index is 11.1. The van der Waals surface area contributed by atoms with Gasteiger partial charge < -0.3 is 15.2 Å². The molecular weight excluding hydrogens is 212 g/mol. The van der Waals surface area contributed by atoms with Gasteiger partial charge in [-0.3, -0.25) is 9.78 Å². The number of rotatable bonds is 3. The molecule has 0 amide bonds. The van der Waals surface area contributed by atoms with E-state index in [2.05, 4.69) is 4.98 Å². The lowest BCUT2D eigenvalue weighted by atomic mass is 10.1. The van der Waals surface area contributed by atoms with Gasteiger partial charge in [-0.15, -0.1) is 11.6 Å². The van der Waals surface area contributed by atoms with Crippen LogP contribution < -0.4 is 11.2 Å². The number of H-pyrrole nitrogens is 2. The number of nitrogens with one attached hydrogen (secondary N) is 2. The number of alkyl halides is 1. The average molecular weight is 221 g/mol. The molecule has 14 heavy (non-hydrogen) atoms. The van der Waals surface area contributed by atoms with Gasteiger partial charge in [0.1, 0.15) is 6.10 Å². The third-order valence-electron chi connectivity index (χ3n) is 1.69. The highest BCUT2D eigenvalue weighted by Crippen LogP contribution is 2.11. The molecule has 6 nitrogen and oxygen atoms in total. The summed E-state index contributed by atoms with van der Waals surface area (Å²) in [7, 11) is 0. The molecule has 0 aliphatic rings. The van der Waals surface area contributed by atoms with Crippen LogP contribution in [-0.2, 0) is 0 Å². The van der Waals surface area contributed by atoms with E-state index in [0.29, 0.717) is 0 Å². The quantitative estimate of drug-likeness (QED) is 0.475. The molecule has 2 unspecified atom stereocenters. The number of aromatic amines is 2. The van der Waals surface area contributed by atoms with Gasteiger partial charge >= 0.3 is 5.69 Å². The standard InChI is InChI=1S/C7H9ClN2O4/c8-1-4(11)5(12)3-2-9-7(14)10-6(3)13/h2,4-5,11-12H,1H2,(H2,9,10,13,14). The molecule has 0 saturated carbocycles. The third kappa shape index (κ3) is 2.22. The molecule has 4 N–H and O–H groups in total. The first-order chi connectivity index (χ1) is 6.56. The maximum atomic E-state index is 11.1. The van der Waals surface area contributed by atoms with E-state index in [9.17, 15) is 14.7 Å². The van der Waals surface area contributed by atoms with Gasteiger partial charge in [0.15, 0.2) is 0 Å². The predicted octanol–water partition coefficient (Wildman–Crippen LogP) is -1.30. The first-order valence-corrected chi connectivity index (χ1v) is 4.33. The minimum absolute atomic E-state index is 0.127. The van der Waals surface area contributed by atoms with Gasteiger partial charge in [-0.25, -0.2) is 4.79 Å². The van der Waals surface area contributed by atoms with Crippen LogP contribution in [0.3, 0.4) is 0 Å². The monoisotopic (exact) mass is 220 g/mol. The van der Waals surface area contributed by atoms with Crippen molar-refractivity contribution >= 4 is 11.6 Å². The zero-order valence-corrected chi connectivity index (χ0v) is 7.78. The lowest BCUT2D eigenvalue weighted by Gasteiger charge is -2.13. The summed E-state index contributed by atoms with van der Waals surface area (Å²) in [6.45, 7) is 0. The van der Waals surface area contributed by atoms with E-state index >= 15 is 0 Å². The Morgan fingerprint density at radius 3 is 2.57 bits per heavy atom. The highest BCUT2D eigenvalue weighted by atomic mass is 35.5. The Bertz CT molecular complexity index is 413. The molecule has 0 radical (unpaired) electrons. The van der Waals surface area contributed by atoms with E-state index in [-0.39, 0.29) is 11.4 Å². The number of hydrogen-bond acceptors (Lipinski definition) is 4. The molecule has 1 rings (SSSR count). The molecule has 0 spiro atoms. The Kier molecular flexibility index (Phi) is 3.45. The molecule has 78 valence electrons. The second kappa shape index (κ2) is 4.41. The van der Waals surface area contributed by atoms with E-state index in [1.54, 1.807) is 0 Å². The normalized spacial score (nSPS) is 15.1. The van der Waals surface area contributed by atoms with Crippen LogP contribution in [0.1, 0.15) is 11.7 Å². The minimum atomic E-state index is -1.41. The molecule has 0 saturated heterocycles. The number of aliphatic hydroxyl groups excluding tert-OH is 2. The zero-order chi connectivity index (χ0) is 10.7. The molecule has 2 atom stereocenters. The van der Waals surface area contributed by atoms with Crippen molar-refractivity contribution in [3.8, 4) is 0 Å². The SMILES string of the molecule is O=c1[nH]cc(C(O)C(O)CCl)c(=O)[nH]1. The summed E-state index contributed by atoms with van der Waals surface area (Å²) < 4.78 is 0. The molecule has 0 aromatic carbocycles. The minimum Gasteiger partial charge on any atom is -0.389 e. The molecule has 0 fully saturated rings. The maximum Gasteiger partial charge on any atom is 0.325 e. The van der Waals surface area contributed by atoms with Gasteiger partial charge in [0, 0.05) is 6.20 Å². The third-order valence-corrected chi connectivity index (χ3v) is 2.01. The largest absolute Gasteiger partial charge is 0.389 e. The van der Waals surface area contributed by atoms with Gasteiger partial charge in [-0.2, -0.15) is 0 Å². The van der Waals surface area contributed by atoms with Gasteiger partial charge in [-0.1, -0.05) is 0 Å². The van der Waals surface area contributed by atoms with Crippen LogP contribution in [0, 0.1) is 0 Å². The summed E-state index contributed by atoms with van der Waals surface area (Å²) in [4.78, 5) is 25.8. The fraction of sp³-hybridized carbons (Fsp3) is 0.429. The van der Waals surface area contributed by atoms with Crippen LogP contribution in [0.15, 0.2) is 15.8 Å². The predicted molar refractivity (Wildman–Crippen MR) is 49.4 cm³/mol. The number of hydrogen-bond donors (Lipinski definition) is 4. The average Bonchev–Trinajstić information content (AvgIpc) is 2.15. The van der Waals surface area contributed by atoms with Crippen molar-refractivity contribution in [3.63, 3.8) is 0 Å². The van der Waals surface area contributed by atoms with Crippen molar-refractivity contribution < 1.29 is 10.2 Å². The summed E-state index contributed by atoms with van der Waals surface area (Å²) >= 11 is 5.29. The van der Waals surface area contributed by atoms with Gasteiger partial charge in [0.05, 0.1) is 17.5 Å². The van der Waals surface area contributed by atoms with Crippen molar-refractivity contribution in [2.75, 3.05) is 5.88 Å². The molecular formula is C7H9ClN2O4. The Morgan fingerprint density at radius 1 is 1.43 bits per heavy atom. The fourth-order valence-electron chi connectivity index (χ4n) is 0.932. The van der Waals surface area contributed by atoms with Crippen molar-refractivity contribution in [2.45, 2.75) is 12.2 Å². The topological polar surface area (TPSA) is 106 Å². The van der Waals surface area contributed by atoms with E-state index in [0.717, 1.165) is 6.20 Å². The highest BCUT2D eigenvalue weighted by Gasteiger charge is 2.20. The van der Waals surface area contributed by atoms with Crippen molar-refractivity contribution in [1.82, 2.24) is 9.97 Å². The lowest BCUT2D eigenvalue weighted by Crippen LogP contribution is -2.31. The number of aliphatic hydroxyl groups is 2.